The summed E-state index contributed by atoms with van der Waals surface area (Å²) >= 11 is 0. The van der Waals surface area contributed by atoms with Gasteiger partial charge in [0.05, 0.1) is 19.1 Å². The lowest BCUT2D eigenvalue weighted by Crippen LogP contribution is -2.58. The summed E-state index contributed by atoms with van der Waals surface area (Å²) in [5.74, 6) is -2.38. The van der Waals surface area contributed by atoms with E-state index in [-0.39, 0.29) is 6.54 Å². The molecule has 2 rings (SSSR count). The van der Waals surface area contributed by atoms with Gasteiger partial charge in [-0.25, -0.2) is 9.18 Å². The van der Waals surface area contributed by atoms with Crippen LogP contribution in [-0.2, 0) is 16.1 Å². The number of nitrogens with one attached hydrogen (secondary N) is 1. The molecule has 0 spiro atoms. The second kappa shape index (κ2) is 3.76. The summed E-state index contributed by atoms with van der Waals surface area (Å²) in [7, 11) is 0. The van der Waals surface area contributed by atoms with Crippen molar-refractivity contribution in [3.8, 4) is 0 Å². The summed E-state index contributed by atoms with van der Waals surface area (Å²) in [4.78, 5) is 34.0. The van der Waals surface area contributed by atoms with Crippen LogP contribution in [-0.4, -0.2) is 28.9 Å². The van der Waals surface area contributed by atoms with Crippen LogP contribution >= 0.6 is 0 Å². The van der Waals surface area contributed by atoms with Gasteiger partial charge in [0.25, 0.3) is 18.0 Å². The predicted octanol–water partition coefficient (Wildman–Crippen LogP) is 0.196. The zero-order valence-electron chi connectivity index (χ0n) is 7.97. The molecule has 1 aromatic rings. The van der Waals surface area contributed by atoms with Crippen LogP contribution in [0.15, 0.2) is 23.0 Å². The first-order chi connectivity index (χ1) is 7.59. The van der Waals surface area contributed by atoms with Gasteiger partial charge in [0.1, 0.15) is 0 Å². The van der Waals surface area contributed by atoms with Crippen molar-refractivity contribution in [1.29, 1.82) is 0 Å². The second-order valence-electron chi connectivity index (χ2n) is 3.21. The molecular formula is C9H7FN2O4. The van der Waals surface area contributed by atoms with Gasteiger partial charge >= 0.3 is 6.03 Å². The summed E-state index contributed by atoms with van der Waals surface area (Å²) in [6.07, 6.45) is 0.355. The van der Waals surface area contributed by atoms with E-state index in [1.54, 1.807) is 5.32 Å². The van der Waals surface area contributed by atoms with E-state index >= 15 is 0 Å². The molecule has 0 aliphatic carbocycles. The number of hydrogen-bond acceptors (Lipinski definition) is 4. The van der Waals surface area contributed by atoms with E-state index in [0.717, 1.165) is 0 Å². The molecule has 1 saturated heterocycles. The Balaban J connectivity index is 2.17. The van der Waals surface area contributed by atoms with Gasteiger partial charge in [-0.3, -0.25) is 19.8 Å². The van der Waals surface area contributed by atoms with Crippen LogP contribution in [0, 0.1) is 0 Å². The minimum atomic E-state index is -2.33. The summed E-state index contributed by atoms with van der Waals surface area (Å²) in [6, 6.07) is 0.606. The van der Waals surface area contributed by atoms with Gasteiger partial charge in [0, 0.05) is 5.56 Å². The molecule has 0 radical (unpaired) electrons. The lowest BCUT2D eigenvalue weighted by molar-refractivity contribution is -0.144. The number of imide groups is 2. The zero-order chi connectivity index (χ0) is 11.7. The SMILES string of the molecule is O=C1NC(=O)N(Cc2ccoc2)C(=O)C1F. The fraction of sp³-hybridized carbons (Fsp3) is 0.222. The van der Waals surface area contributed by atoms with Gasteiger partial charge in [-0.1, -0.05) is 0 Å². The smallest absolute Gasteiger partial charge is 0.331 e. The average Bonchev–Trinajstić information content (AvgIpc) is 2.74. The molecule has 0 saturated carbocycles. The molecular weight excluding hydrogens is 219 g/mol. The highest BCUT2D eigenvalue weighted by atomic mass is 19.1. The summed E-state index contributed by atoms with van der Waals surface area (Å²) in [5.41, 5.74) is 0.532. The van der Waals surface area contributed by atoms with Crippen molar-refractivity contribution in [2.45, 2.75) is 12.7 Å². The van der Waals surface area contributed by atoms with E-state index in [9.17, 15) is 18.8 Å². The van der Waals surface area contributed by atoms with Crippen LogP contribution in [0.25, 0.3) is 0 Å². The minimum absolute atomic E-state index is 0.130. The molecule has 1 fully saturated rings. The fourth-order valence-electron chi connectivity index (χ4n) is 1.30. The lowest BCUT2D eigenvalue weighted by Gasteiger charge is -2.25. The van der Waals surface area contributed by atoms with Gasteiger partial charge in [-0.15, -0.1) is 0 Å². The zero-order valence-corrected chi connectivity index (χ0v) is 7.97. The van der Waals surface area contributed by atoms with Gasteiger partial charge in [0.2, 0.25) is 0 Å². The van der Waals surface area contributed by atoms with Crippen LogP contribution < -0.4 is 5.32 Å². The molecule has 1 aromatic heterocycles. The Kier molecular flexibility index (Phi) is 2.43. The molecule has 84 valence electrons. The largest absolute Gasteiger partial charge is 0.472 e. The van der Waals surface area contributed by atoms with Gasteiger partial charge in [-0.2, -0.15) is 0 Å². The van der Waals surface area contributed by atoms with E-state index < -0.39 is 24.0 Å². The van der Waals surface area contributed by atoms with Gasteiger partial charge in [-0.05, 0) is 6.07 Å². The van der Waals surface area contributed by atoms with Crippen molar-refractivity contribution in [2.24, 2.45) is 0 Å². The number of hydrogen-bond donors (Lipinski definition) is 1. The third kappa shape index (κ3) is 1.67. The number of furan rings is 1. The third-order valence-electron chi connectivity index (χ3n) is 2.11. The van der Waals surface area contributed by atoms with Crippen molar-refractivity contribution < 1.29 is 23.2 Å². The minimum Gasteiger partial charge on any atom is -0.472 e. The molecule has 0 aromatic carbocycles. The Morgan fingerprint density at radius 3 is 2.81 bits per heavy atom. The molecule has 1 aliphatic rings. The molecule has 16 heavy (non-hydrogen) atoms. The maximum atomic E-state index is 13.0. The van der Waals surface area contributed by atoms with Crippen molar-refractivity contribution in [1.82, 2.24) is 10.2 Å². The van der Waals surface area contributed by atoms with E-state index in [0.29, 0.717) is 10.5 Å². The van der Waals surface area contributed by atoms with Crippen molar-refractivity contribution in [3.63, 3.8) is 0 Å². The van der Waals surface area contributed by atoms with E-state index in [1.807, 2.05) is 0 Å². The molecule has 4 amide bonds. The van der Waals surface area contributed by atoms with Crippen molar-refractivity contribution in [2.75, 3.05) is 0 Å². The van der Waals surface area contributed by atoms with Crippen LogP contribution in [0.5, 0.6) is 0 Å². The highest BCUT2D eigenvalue weighted by molar-refractivity contribution is 6.17. The number of rotatable bonds is 2. The lowest BCUT2D eigenvalue weighted by atomic mass is 10.2. The summed E-state index contributed by atoms with van der Waals surface area (Å²) in [6.45, 7) is -0.130. The Bertz CT molecular complexity index is 442. The third-order valence-corrected chi connectivity index (χ3v) is 2.11. The molecule has 2 heterocycles. The first-order valence-corrected chi connectivity index (χ1v) is 4.41. The number of halogens is 1. The Morgan fingerprint density at radius 1 is 1.44 bits per heavy atom. The second-order valence-corrected chi connectivity index (χ2v) is 3.21. The van der Waals surface area contributed by atoms with E-state index in [4.69, 9.17) is 4.42 Å². The standard InChI is InChI=1S/C9H7FN2O4/c10-6-7(13)11-9(15)12(8(6)14)3-5-1-2-16-4-5/h1-2,4,6H,3H2,(H,11,13,15). The Hall–Kier alpha value is -2.18. The van der Waals surface area contributed by atoms with Crippen molar-refractivity contribution in [3.05, 3.63) is 24.2 Å². The number of alkyl halides is 1. The number of carbonyl (C=O) groups is 3. The molecule has 1 atom stereocenters. The van der Waals surface area contributed by atoms with Gasteiger partial charge in [0.15, 0.2) is 0 Å². The summed E-state index contributed by atoms with van der Waals surface area (Å²) in [5, 5.41) is 1.74. The molecule has 1 unspecified atom stereocenters. The molecule has 7 heteroatoms. The molecule has 1 N–H and O–H groups in total. The fourth-order valence-corrected chi connectivity index (χ4v) is 1.30. The van der Waals surface area contributed by atoms with Crippen LogP contribution in [0.3, 0.4) is 0 Å². The Labute approximate surface area is 89.0 Å². The molecule has 0 bridgehead atoms. The number of carbonyl (C=O) groups excluding carboxylic acids is 3. The highest BCUT2D eigenvalue weighted by Gasteiger charge is 2.40. The van der Waals surface area contributed by atoms with E-state index in [1.165, 1.54) is 18.6 Å². The first-order valence-electron chi connectivity index (χ1n) is 4.41. The number of barbiturate groups is 1. The van der Waals surface area contributed by atoms with Crippen LogP contribution in [0.1, 0.15) is 5.56 Å². The number of amides is 4. The number of nitrogens with zero attached hydrogens (tertiary/aromatic N) is 1. The number of urea groups is 1. The topological polar surface area (TPSA) is 79.6 Å². The predicted molar refractivity (Wildman–Crippen MR) is 47.7 cm³/mol. The van der Waals surface area contributed by atoms with Gasteiger partial charge < -0.3 is 4.42 Å². The molecule has 6 nitrogen and oxygen atoms in total. The quantitative estimate of drug-likeness (QED) is 0.730. The monoisotopic (exact) mass is 226 g/mol. The average molecular weight is 226 g/mol. The molecule has 1 aliphatic heterocycles. The summed E-state index contributed by atoms with van der Waals surface area (Å²) < 4.78 is 17.8. The maximum absolute atomic E-state index is 13.0. The first kappa shape index (κ1) is 10.3. The van der Waals surface area contributed by atoms with Crippen LogP contribution in [0.4, 0.5) is 9.18 Å². The normalized spacial score (nSPS) is 21.2. The maximum Gasteiger partial charge on any atom is 0.331 e. The van der Waals surface area contributed by atoms with Crippen LogP contribution in [0.2, 0.25) is 0 Å². The van der Waals surface area contributed by atoms with Crippen molar-refractivity contribution >= 4 is 17.8 Å². The Morgan fingerprint density at radius 2 is 2.19 bits per heavy atom. The highest BCUT2D eigenvalue weighted by Crippen LogP contribution is 2.12. The van der Waals surface area contributed by atoms with E-state index in [2.05, 4.69) is 0 Å².